The molecule has 5 heteroatoms. The summed E-state index contributed by atoms with van der Waals surface area (Å²) in [6.07, 6.45) is -0.352. The van der Waals surface area contributed by atoms with Gasteiger partial charge in [0.2, 0.25) is 0 Å². The van der Waals surface area contributed by atoms with E-state index in [1.807, 2.05) is 0 Å². The Morgan fingerprint density at radius 2 is 1.86 bits per heavy atom. The van der Waals surface area contributed by atoms with Crippen molar-refractivity contribution in [2.45, 2.75) is 20.0 Å². The first-order chi connectivity index (χ1) is 6.49. The first-order valence-electron chi connectivity index (χ1n) is 4.25. The summed E-state index contributed by atoms with van der Waals surface area (Å²) in [7, 11) is -3.97. The van der Waals surface area contributed by atoms with Crippen LogP contribution in [0.5, 0.6) is 5.75 Å². The van der Waals surface area contributed by atoms with Crippen molar-refractivity contribution in [2.75, 3.05) is 0 Å². The molecular weight excluding hydrogens is 203 g/mol. The molecule has 1 atom stereocenters. The summed E-state index contributed by atoms with van der Waals surface area (Å²) in [6, 6.07) is 8.40. The van der Waals surface area contributed by atoms with Gasteiger partial charge in [0.15, 0.2) is 0 Å². The molecule has 1 aromatic rings. The number of benzene rings is 1. The maximum Gasteiger partial charge on any atom is 0.527 e. The third-order valence-corrected chi connectivity index (χ3v) is 2.44. The molecule has 0 heterocycles. The van der Waals surface area contributed by atoms with Gasteiger partial charge in [0.25, 0.3) is 0 Å². The molecule has 0 bridgehead atoms. The highest BCUT2D eigenvalue weighted by atomic mass is 31.2. The maximum atomic E-state index is 11.3. The van der Waals surface area contributed by atoms with Crippen LogP contribution in [0, 0.1) is 0 Å². The van der Waals surface area contributed by atoms with Crippen molar-refractivity contribution in [3.63, 3.8) is 0 Å². The second-order valence-electron chi connectivity index (χ2n) is 3.03. The van der Waals surface area contributed by atoms with E-state index in [9.17, 15) is 9.46 Å². The Morgan fingerprint density at radius 3 is 2.36 bits per heavy atom. The van der Waals surface area contributed by atoms with Crippen molar-refractivity contribution in [2.24, 2.45) is 0 Å². The topological polar surface area (TPSA) is 55.8 Å². The average molecular weight is 216 g/mol. The van der Waals surface area contributed by atoms with Gasteiger partial charge >= 0.3 is 7.82 Å². The van der Waals surface area contributed by atoms with E-state index in [-0.39, 0.29) is 6.10 Å². The molecule has 0 aliphatic heterocycles. The number of para-hydroxylation sites is 1. The van der Waals surface area contributed by atoms with Crippen LogP contribution in [0.25, 0.3) is 0 Å². The van der Waals surface area contributed by atoms with Crippen molar-refractivity contribution in [3.8, 4) is 5.75 Å². The van der Waals surface area contributed by atoms with Gasteiger partial charge in [0.05, 0.1) is 6.10 Å². The smallest absolute Gasteiger partial charge is 0.404 e. The minimum Gasteiger partial charge on any atom is -0.404 e. The van der Waals surface area contributed by atoms with Gasteiger partial charge in [0, 0.05) is 0 Å². The molecule has 0 aliphatic carbocycles. The monoisotopic (exact) mass is 216 g/mol. The number of hydrogen-bond donors (Lipinski definition) is 1. The molecular formula is C9H13O4P. The van der Waals surface area contributed by atoms with E-state index >= 15 is 0 Å². The summed E-state index contributed by atoms with van der Waals surface area (Å²) in [5.74, 6) is 0.319. The van der Waals surface area contributed by atoms with Crippen molar-refractivity contribution in [1.29, 1.82) is 0 Å². The standard InChI is InChI=1S/C9H13O4P/c1-8(2)12-14(10,11)13-9-6-4-3-5-7-9/h3-8H,1-2H3,(H,10,11). The Morgan fingerprint density at radius 1 is 1.29 bits per heavy atom. The van der Waals surface area contributed by atoms with Crippen LogP contribution in [0.2, 0.25) is 0 Å². The second kappa shape index (κ2) is 4.60. The summed E-state index contributed by atoms with van der Waals surface area (Å²) in [5.41, 5.74) is 0. The fourth-order valence-electron chi connectivity index (χ4n) is 0.902. The molecule has 4 nitrogen and oxygen atoms in total. The van der Waals surface area contributed by atoms with E-state index in [4.69, 9.17) is 9.05 Å². The summed E-state index contributed by atoms with van der Waals surface area (Å²) in [6.45, 7) is 3.33. The number of phosphoric acid groups is 1. The Hall–Kier alpha value is -0.830. The lowest BCUT2D eigenvalue weighted by atomic mass is 10.3. The average Bonchev–Trinajstić information content (AvgIpc) is 2.02. The Labute approximate surface area is 83.1 Å². The van der Waals surface area contributed by atoms with E-state index in [1.165, 1.54) is 0 Å². The van der Waals surface area contributed by atoms with Crippen LogP contribution in [0.15, 0.2) is 30.3 Å². The fourth-order valence-corrected chi connectivity index (χ4v) is 1.87. The van der Waals surface area contributed by atoms with Crippen molar-refractivity contribution in [3.05, 3.63) is 30.3 Å². The van der Waals surface area contributed by atoms with Gasteiger partial charge in [-0.1, -0.05) is 18.2 Å². The normalized spacial score (nSPS) is 15.1. The number of hydrogen-bond acceptors (Lipinski definition) is 3. The van der Waals surface area contributed by atoms with Gasteiger partial charge in [-0.25, -0.2) is 4.57 Å². The van der Waals surface area contributed by atoms with Crippen LogP contribution in [-0.4, -0.2) is 11.0 Å². The molecule has 78 valence electrons. The van der Waals surface area contributed by atoms with Gasteiger partial charge < -0.3 is 4.52 Å². The third-order valence-electron chi connectivity index (χ3n) is 1.31. The molecule has 14 heavy (non-hydrogen) atoms. The minimum absolute atomic E-state index is 0.319. The lowest BCUT2D eigenvalue weighted by Crippen LogP contribution is -2.04. The van der Waals surface area contributed by atoms with E-state index in [1.54, 1.807) is 44.2 Å². The van der Waals surface area contributed by atoms with Crippen LogP contribution < -0.4 is 4.52 Å². The zero-order valence-corrected chi connectivity index (χ0v) is 8.98. The summed E-state index contributed by atoms with van der Waals surface area (Å²) in [5, 5.41) is 0. The fraction of sp³-hybridized carbons (Fsp3) is 0.333. The Bertz CT molecular complexity index is 323. The highest BCUT2D eigenvalue weighted by molar-refractivity contribution is 7.47. The molecule has 1 N–H and O–H groups in total. The quantitative estimate of drug-likeness (QED) is 0.786. The molecule has 0 radical (unpaired) electrons. The first kappa shape index (κ1) is 11.2. The molecule has 1 unspecified atom stereocenters. The summed E-state index contributed by atoms with van der Waals surface area (Å²) >= 11 is 0. The zero-order chi connectivity index (χ0) is 10.6. The molecule has 0 saturated carbocycles. The third kappa shape index (κ3) is 3.92. The predicted octanol–water partition coefficient (Wildman–Crippen LogP) is 2.59. The molecule has 0 aliphatic rings. The van der Waals surface area contributed by atoms with Crippen LogP contribution in [-0.2, 0) is 9.09 Å². The first-order valence-corrected chi connectivity index (χ1v) is 5.75. The summed E-state index contributed by atoms with van der Waals surface area (Å²) in [4.78, 5) is 9.25. The zero-order valence-electron chi connectivity index (χ0n) is 8.08. The maximum absolute atomic E-state index is 11.3. The van der Waals surface area contributed by atoms with Crippen molar-refractivity contribution < 1.29 is 18.5 Å². The van der Waals surface area contributed by atoms with Crippen molar-refractivity contribution >= 4 is 7.82 Å². The van der Waals surface area contributed by atoms with Gasteiger partial charge in [-0.15, -0.1) is 0 Å². The lowest BCUT2D eigenvalue weighted by Gasteiger charge is -2.14. The van der Waals surface area contributed by atoms with E-state index in [2.05, 4.69) is 0 Å². The number of phosphoric ester groups is 1. The molecule has 0 spiro atoms. The molecule has 0 fully saturated rings. The molecule has 1 aromatic carbocycles. The van der Waals surface area contributed by atoms with Crippen LogP contribution in [0.1, 0.15) is 13.8 Å². The van der Waals surface area contributed by atoms with E-state index in [0.29, 0.717) is 5.75 Å². The summed E-state index contributed by atoms with van der Waals surface area (Å²) < 4.78 is 20.8. The van der Waals surface area contributed by atoms with Gasteiger partial charge in [-0.05, 0) is 26.0 Å². The van der Waals surface area contributed by atoms with E-state index in [0.717, 1.165) is 0 Å². The van der Waals surface area contributed by atoms with Gasteiger partial charge in [0.1, 0.15) is 5.75 Å². The highest BCUT2D eigenvalue weighted by Crippen LogP contribution is 2.44. The molecule has 0 amide bonds. The molecule has 0 aromatic heterocycles. The lowest BCUT2D eigenvalue weighted by molar-refractivity contribution is 0.161. The SMILES string of the molecule is CC(C)OP(=O)(O)Oc1ccccc1. The second-order valence-corrected chi connectivity index (χ2v) is 4.36. The van der Waals surface area contributed by atoms with Gasteiger partial charge in [-0.2, -0.15) is 0 Å². The van der Waals surface area contributed by atoms with Crippen LogP contribution >= 0.6 is 7.82 Å². The Balaban J connectivity index is 2.64. The molecule has 1 rings (SSSR count). The minimum atomic E-state index is -3.97. The van der Waals surface area contributed by atoms with Crippen molar-refractivity contribution in [1.82, 2.24) is 0 Å². The van der Waals surface area contributed by atoms with E-state index < -0.39 is 7.82 Å². The van der Waals surface area contributed by atoms with Crippen LogP contribution in [0.3, 0.4) is 0 Å². The molecule has 0 saturated heterocycles. The predicted molar refractivity (Wildman–Crippen MR) is 53.1 cm³/mol. The van der Waals surface area contributed by atoms with Gasteiger partial charge in [-0.3, -0.25) is 9.42 Å². The van der Waals surface area contributed by atoms with Crippen LogP contribution in [0.4, 0.5) is 0 Å². The largest absolute Gasteiger partial charge is 0.527 e. The number of rotatable bonds is 4. The highest BCUT2D eigenvalue weighted by Gasteiger charge is 2.24. The Kier molecular flexibility index (Phi) is 3.69.